The molecule has 0 fully saturated rings. The summed E-state index contributed by atoms with van der Waals surface area (Å²) in [6.45, 7) is 12.2. The Kier molecular flexibility index (Phi) is 5.40. The molecule has 0 radical (unpaired) electrons. The molecule has 19 heavy (non-hydrogen) atoms. The first-order chi connectivity index (χ1) is 8.84. The van der Waals surface area contributed by atoms with Crippen molar-refractivity contribution >= 4 is 5.91 Å². The summed E-state index contributed by atoms with van der Waals surface area (Å²) in [6, 6.07) is 6.28. The highest BCUT2D eigenvalue weighted by molar-refractivity contribution is 5.78. The Balaban J connectivity index is 2.70. The molecule has 0 aliphatic carbocycles. The Hall–Kier alpha value is -1.51. The topological polar surface area (TPSA) is 29.5 Å². The van der Waals surface area contributed by atoms with Crippen molar-refractivity contribution in [2.45, 2.75) is 53.6 Å². The second-order valence-corrected chi connectivity index (χ2v) is 5.48. The maximum Gasteiger partial charge on any atom is 0.260 e. The van der Waals surface area contributed by atoms with Crippen molar-refractivity contribution in [3.63, 3.8) is 0 Å². The Bertz CT molecular complexity index is 430. The number of nitrogens with zero attached hydrogens (tertiary/aromatic N) is 1. The third-order valence-electron chi connectivity index (χ3n) is 3.31. The van der Waals surface area contributed by atoms with Crippen LogP contribution in [0.15, 0.2) is 18.2 Å². The summed E-state index contributed by atoms with van der Waals surface area (Å²) >= 11 is 0. The molecular formula is C16H25NO2. The van der Waals surface area contributed by atoms with E-state index in [2.05, 4.69) is 0 Å². The zero-order chi connectivity index (χ0) is 14.6. The summed E-state index contributed by atoms with van der Waals surface area (Å²) < 4.78 is 5.67. The predicted octanol–water partition coefficient (Wildman–Crippen LogP) is 3.33. The lowest BCUT2D eigenvalue weighted by molar-refractivity contribution is -0.136. The highest BCUT2D eigenvalue weighted by Gasteiger charge is 2.20. The minimum absolute atomic E-state index is 0.0332. The van der Waals surface area contributed by atoms with Gasteiger partial charge in [-0.25, -0.2) is 0 Å². The summed E-state index contributed by atoms with van der Waals surface area (Å²) in [5.74, 6) is 0.826. The standard InChI is InChI=1S/C16H25NO2/c1-11(2)17(12(3)4)16(18)10-19-15-9-7-8-13(5)14(15)6/h7-9,11-12H,10H2,1-6H3. The Morgan fingerprint density at radius 3 is 2.26 bits per heavy atom. The molecule has 0 saturated heterocycles. The number of ether oxygens (including phenoxy) is 1. The third kappa shape index (κ3) is 3.98. The van der Waals surface area contributed by atoms with Crippen molar-refractivity contribution in [3.8, 4) is 5.75 Å². The lowest BCUT2D eigenvalue weighted by atomic mass is 10.1. The lowest BCUT2D eigenvalue weighted by Crippen LogP contribution is -2.44. The van der Waals surface area contributed by atoms with E-state index in [9.17, 15) is 4.79 Å². The van der Waals surface area contributed by atoms with E-state index in [1.54, 1.807) is 0 Å². The molecule has 1 rings (SSSR count). The van der Waals surface area contributed by atoms with Crippen molar-refractivity contribution in [2.24, 2.45) is 0 Å². The largest absolute Gasteiger partial charge is 0.483 e. The number of carbonyl (C=O) groups is 1. The van der Waals surface area contributed by atoms with Crippen LogP contribution in [0, 0.1) is 13.8 Å². The van der Waals surface area contributed by atoms with Crippen LogP contribution >= 0.6 is 0 Å². The van der Waals surface area contributed by atoms with Crippen molar-refractivity contribution in [1.29, 1.82) is 0 Å². The highest BCUT2D eigenvalue weighted by atomic mass is 16.5. The Morgan fingerprint density at radius 2 is 1.74 bits per heavy atom. The van der Waals surface area contributed by atoms with Gasteiger partial charge in [-0.1, -0.05) is 12.1 Å². The van der Waals surface area contributed by atoms with Crippen LogP contribution in [0.1, 0.15) is 38.8 Å². The van der Waals surface area contributed by atoms with Gasteiger partial charge in [0, 0.05) is 12.1 Å². The number of benzene rings is 1. The second-order valence-electron chi connectivity index (χ2n) is 5.48. The van der Waals surface area contributed by atoms with E-state index in [0.717, 1.165) is 11.3 Å². The number of aryl methyl sites for hydroxylation is 1. The molecule has 0 N–H and O–H groups in total. The van der Waals surface area contributed by atoms with Gasteiger partial charge in [-0.15, -0.1) is 0 Å². The SMILES string of the molecule is Cc1cccc(OCC(=O)N(C(C)C)C(C)C)c1C. The van der Waals surface area contributed by atoms with Crippen LogP contribution in [0.4, 0.5) is 0 Å². The predicted molar refractivity (Wildman–Crippen MR) is 78.5 cm³/mol. The highest BCUT2D eigenvalue weighted by Crippen LogP contribution is 2.20. The fourth-order valence-electron chi connectivity index (χ4n) is 2.27. The van der Waals surface area contributed by atoms with E-state index in [0.29, 0.717) is 0 Å². The monoisotopic (exact) mass is 263 g/mol. The maximum atomic E-state index is 12.2. The minimum Gasteiger partial charge on any atom is -0.483 e. The molecule has 1 amide bonds. The van der Waals surface area contributed by atoms with Crippen LogP contribution in [-0.2, 0) is 4.79 Å². The summed E-state index contributed by atoms with van der Waals surface area (Å²) in [7, 11) is 0. The van der Waals surface area contributed by atoms with Crippen molar-refractivity contribution < 1.29 is 9.53 Å². The van der Waals surface area contributed by atoms with Gasteiger partial charge in [0.05, 0.1) is 0 Å². The van der Waals surface area contributed by atoms with Crippen LogP contribution in [0.3, 0.4) is 0 Å². The van der Waals surface area contributed by atoms with E-state index < -0.39 is 0 Å². The van der Waals surface area contributed by atoms with E-state index >= 15 is 0 Å². The van der Waals surface area contributed by atoms with Crippen molar-refractivity contribution in [2.75, 3.05) is 6.61 Å². The lowest BCUT2D eigenvalue weighted by Gasteiger charge is -2.30. The van der Waals surface area contributed by atoms with E-state index in [-0.39, 0.29) is 24.6 Å². The van der Waals surface area contributed by atoms with Gasteiger partial charge in [-0.2, -0.15) is 0 Å². The molecule has 0 aromatic heterocycles. The third-order valence-corrected chi connectivity index (χ3v) is 3.31. The molecule has 0 unspecified atom stereocenters. The zero-order valence-electron chi connectivity index (χ0n) is 12.9. The Labute approximate surface area is 116 Å². The van der Waals surface area contributed by atoms with Gasteiger partial charge in [0.25, 0.3) is 5.91 Å². The van der Waals surface area contributed by atoms with E-state index in [1.807, 2.05) is 64.6 Å². The summed E-state index contributed by atoms with van der Waals surface area (Å²) in [5.41, 5.74) is 2.27. The number of hydrogen-bond acceptors (Lipinski definition) is 2. The number of carbonyl (C=O) groups excluding carboxylic acids is 1. The fraction of sp³-hybridized carbons (Fsp3) is 0.562. The fourth-order valence-corrected chi connectivity index (χ4v) is 2.27. The first-order valence-corrected chi connectivity index (χ1v) is 6.84. The first-order valence-electron chi connectivity index (χ1n) is 6.84. The normalized spacial score (nSPS) is 10.9. The van der Waals surface area contributed by atoms with Crippen LogP contribution in [0.25, 0.3) is 0 Å². The molecule has 1 aromatic carbocycles. The summed E-state index contributed by atoms with van der Waals surface area (Å²) in [5, 5.41) is 0. The first kappa shape index (κ1) is 15.5. The minimum atomic E-state index is 0.0332. The van der Waals surface area contributed by atoms with Gasteiger partial charge in [0.1, 0.15) is 5.75 Å². The molecular weight excluding hydrogens is 238 g/mol. The van der Waals surface area contributed by atoms with Gasteiger partial charge in [0.2, 0.25) is 0 Å². The molecule has 0 bridgehead atoms. The molecule has 0 spiro atoms. The van der Waals surface area contributed by atoms with Crippen LogP contribution < -0.4 is 4.74 Å². The number of hydrogen-bond donors (Lipinski definition) is 0. The molecule has 3 nitrogen and oxygen atoms in total. The average Bonchev–Trinajstić information content (AvgIpc) is 2.30. The quantitative estimate of drug-likeness (QED) is 0.815. The summed E-state index contributed by atoms with van der Waals surface area (Å²) in [6.07, 6.45) is 0. The number of rotatable bonds is 5. The van der Waals surface area contributed by atoms with Gasteiger partial charge in [-0.05, 0) is 58.7 Å². The number of amides is 1. The average molecular weight is 263 g/mol. The second kappa shape index (κ2) is 6.60. The van der Waals surface area contributed by atoms with Crippen molar-refractivity contribution in [1.82, 2.24) is 4.90 Å². The van der Waals surface area contributed by atoms with Gasteiger partial charge in [0.15, 0.2) is 6.61 Å². The van der Waals surface area contributed by atoms with Crippen molar-refractivity contribution in [3.05, 3.63) is 29.3 Å². The van der Waals surface area contributed by atoms with Crippen LogP contribution in [0.2, 0.25) is 0 Å². The molecule has 3 heteroatoms. The molecule has 1 aromatic rings. The van der Waals surface area contributed by atoms with Gasteiger partial charge >= 0.3 is 0 Å². The van der Waals surface area contributed by atoms with E-state index in [4.69, 9.17) is 4.74 Å². The molecule has 0 aliphatic heterocycles. The van der Waals surface area contributed by atoms with Crippen LogP contribution in [-0.4, -0.2) is 29.5 Å². The molecule has 0 atom stereocenters. The maximum absolute atomic E-state index is 12.2. The Morgan fingerprint density at radius 1 is 1.16 bits per heavy atom. The molecule has 106 valence electrons. The molecule has 0 heterocycles. The van der Waals surface area contributed by atoms with Gasteiger partial charge in [-0.3, -0.25) is 4.79 Å². The molecule has 0 saturated carbocycles. The van der Waals surface area contributed by atoms with E-state index in [1.165, 1.54) is 5.56 Å². The smallest absolute Gasteiger partial charge is 0.260 e. The van der Waals surface area contributed by atoms with Gasteiger partial charge < -0.3 is 9.64 Å². The van der Waals surface area contributed by atoms with Crippen LogP contribution in [0.5, 0.6) is 5.75 Å². The molecule has 0 aliphatic rings. The summed E-state index contributed by atoms with van der Waals surface area (Å²) in [4.78, 5) is 14.0. The zero-order valence-corrected chi connectivity index (χ0v) is 12.9.